The van der Waals surface area contributed by atoms with Crippen molar-refractivity contribution in [2.75, 3.05) is 0 Å². The molecule has 0 radical (unpaired) electrons. The van der Waals surface area contributed by atoms with Gasteiger partial charge in [0.05, 0.1) is 0 Å². The number of alkyl halides is 10. The minimum Gasteiger partial charge on any atom is -0.311 e. The van der Waals surface area contributed by atoms with E-state index >= 15 is 0 Å². The summed E-state index contributed by atoms with van der Waals surface area (Å²) in [5.74, 6) is 0. The van der Waals surface area contributed by atoms with E-state index in [2.05, 4.69) is 36.6 Å². The second-order valence-electron chi connectivity index (χ2n) is 2.73. The van der Waals surface area contributed by atoms with Gasteiger partial charge in [-0.05, 0) is 31.9 Å². The van der Waals surface area contributed by atoms with Gasteiger partial charge in [-0.1, -0.05) is 31.9 Å². The topological polar surface area (TPSA) is 9.23 Å². The molecule has 4 unspecified atom stereocenters. The van der Waals surface area contributed by atoms with Gasteiger partial charge < -0.3 is 4.74 Å². The fourth-order valence-electron chi connectivity index (χ4n) is 0.559. The number of ether oxygens (including phenoxy) is 1. The predicted octanol–water partition coefficient (Wildman–Crippen LogP) is 5.10. The molecule has 0 aromatic heterocycles. The first-order valence-electron chi connectivity index (χ1n) is 3.72. The van der Waals surface area contributed by atoms with E-state index in [-0.39, 0.29) is 0 Å². The highest BCUT2D eigenvalue weighted by atomic mass is 79.9. The van der Waals surface area contributed by atoms with Crippen LogP contribution in [0.3, 0.4) is 0 Å². The molecular formula is C6H4Br4F6O. The monoisotopic (exact) mass is 522 g/mol. The first-order chi connectivity index (χ1) is 7.37. The number of halogens is 10. The summed E-state index contributed by atoms with van der Waals surface area (Å²) < 4.78 is 79.8. The van der Waals surface area contributed by atoms with Gasteiger partial charge in [0.2, 0.25) is 12.7 Å². The summed E-state index contributed by atoms with van der Waals surface area (Å²) in [7, 11) is 0. The minimum absolute atomic E-state index is 1.82. The zero-order chi connectivity index (χ0) is 14.0. The van der Waals surface area contributed by atoms with Crippen LogP contribution in [0.4, 0.5) is 26.3 Å². The average Bonchev–Trinajstić information content (AvgIpc) is 2.12. The fourth-order valence-corrected chi connectivity index (χ4v) is 1.22. The molecule has 0 rings (SSSR count). The molecular weight excluding hydrogens is 522 g/mol. The third-order valence-corrected chi connectivity index (χ3v) is 5.54. The van der Waals surface area contributed by atoms with Gasteiger partial charge in [0.15, 0.2) is 0 Å². The van der Waals surface area contributed by atoms with E-state index in [4.69, 9.17) is 0 Å². The Bertz CT molecular complexity index is 220. The number of hydrogen-bond acceptors (Lipinski definition) is 1. The Hall–Kier alpha value is 1.46. The fraction of sp³-hybridized carbons (Fsp3) is 1.00. The van der Waals surface area contributed by atoms with E-state index in [1.807, 2.05) is 31.9 Å². The summed E-state index contributed by atoms with van der Waals surface area (Å²) in [4.78, 5) is -11.9. The summed E-state index contributed by atoms with van der Waals surface area (Å²) in [5, 5.41) is 0. The lowest BCUT2D eigenvalue weighted by Gasteiger charge is -2.25. The second kappa shape index (κ2) is 6.76. The average molecular weight is 526 g/mol. The summed E-state index contributed by atoms with van der Waals surface area (Å²) in [6, 6.07) is 0. The summed E-state index contributed by atoms with van der Waals surface area (Å²) in [6.45, 7) is 0. The van der Waals surface area contributed by atoms with Crippen molar-refractivity contribution in [1.82, 2.24) is 0 Å². The summed E-state index contributed by atoms with van der Waals surface area (Å²) in [6.07, 6.45) is -5.65. The maximum Gasteiger partial charge on any atom is 0.318 e. The Morgan fingerprint density at radius 1 is 0.765 bits per heavy atom. The van der Waals surface area contributed by atoms with E-state index < -0.39 is 32.0 Å². The van der Waals surface area contributed by atoms with Gasteiger partial charge >= 0.3 is 9.66 Å². The first-order valence-corrected chi connectivity index (χ1v) is 7.14. The van der Waals surface area contributed by atoms with E-state index in [0.29, 0.717) is 0 Å². The molecule has 104 valence electrons. The highest BCUT2D eigenvalue weighted by Crippen LogP contribution is 2.38. The van der Waals surface area contributed by atoms with Gasteiger partial charge in [0, 0.05) is 0 Å². The zero-order valence-corrected chi connectivity index (χ0v) is 13.8. The van der Waals surface area contributed by atoms with Gasteiger partial charge in [0.25, 0.3) is 0 Å². The van der Waals surface area contributed by atoms with Crippen LogP contribution in [0.1, 0.15) is 0 Å². The maximum absolute atomic E-state index is 13.0. The van der Waals surface area contributed by atoms with Crippen LogP contribution in [-0.4, -0.2) is 32.0 Å². The largest absolute Gasteiger partial charge is 0.318 e. The van der Waals surface area contributed by atoms with Crippen molar-refractivity contribution in [1.29, 1.82) is 0 Å². The van der Waals surface area contributed by atoms with Gasteiger partial charge in [-0.3, -0.25) is 0 Å². The molecule has 0 spiro atoms. The Balaban J connectivity index is 4.45. The molecule has 4 atom stereocenters. The lowest BCUT2D eigenvalue weighted by atomic mass is 10.4. The van der Waals surface area contributed by atoms with Crippen LogP contribution < -0.4 is 0 Å². The highest BCUT2D eigenvalue weighted by Gasteiger charge is 2.46. The smallest absolute Gasteiger partial charge is 0.311 e. The maximum atomic E-state index is 13.0. The second-order valence-corrected chi connectivity index (χ2v) is 6.81. The molecule has 0 heterocycles. The molecule has 11 heteroatoms. The van der Waals surface area contributed by atoms with Crippen molar-refractivity contribution in [3.63, 3.8) is 0 Å². The summed E-state index contributed by atoms with van der Waals surface area (Å²) in [5.41, 5.74) is 0. The Morgan fingerprint density at radius 2 is 1.00 bits per heavy atom. The Labute approximate surface area is 126 Å². The molecule has 0 aliphatic rings. The van der Waals surface area contributed by atoms with Crippen molar-refractivity contribution in [3.05, 3.63) is 0 Å². The molecule has 1 nitrogen and oxygen atoms in total. The van der Waals surface area contributed by atoms with E-state index in [9.17, 15) is 26.3 Å². The van der Waals surface area contributed by atoms with Crippen molar-refractivity contribution in [3.8, 4) is 0 Å². The van der Waals surface area contributed by atoms with Crippen LogP contribution in [0.15, 0.2) is 0 Å². The van der Waals surface area contributed by atoms with Crippen LogP contribution in [0.5, 0.6) is 0 Å². The third-order valence-electron chi connectivity index (χ3n) is 1.35. The summed E-state index contributed by atoms with van der Waals surface area (Å²) >= 11 is 8.07. The normalized spacial score (nSPS) is 20.8. The standard InChI is InChI=1S/C6H4Br4F6O/c7-1(5(9,13)14)3(11)17-4(12)2(8)6(10,15)16/h1-4H. The third kappa shape index (κ3) is 6.44. The number of rotatable bonds is 6. The molecule has 0 saturated carbocycles. The molecule has 0 amide bonds. The van der Waals surface area contributed by atoms with Gasteiger partial charge in [-0.15, -0.1) is 0 Å². The quantitative estimate of drug-likeness (QED) is 0.347. The number of hydrogen-bond donors (Lipinski definition) is 0. The minimum atomic E-state index is -3.72. The molecule has 17 heavy (non-hydrogen) atoms. The zero-order valence-electron chi connectivity index (χ0n) is 7.50. The van der Waals surface area contributed by atoms with Crippen LogP contribution in [0.25, 0.3) is 0 Å². The lowest BCUT2D eigenvalue weighted by Crippen LogP contribution is -2.39. The molecule has 0 N–H and O–H groups in total. The predicted molar refractivity (Wildman–Crippen MR) is 64.1 cm³/mol. The van der Waals surface area contributed by atoms with Crippen LogP contribution in [0.2, 0.25) is 0 Å². The molecule has 0 saturated heterocycles. The van der Waals surface area contributed by atoms with Crippen molar-refractivity contribution >= 4 is 63.7 Å². The highest BCUT2D eigenvalue weighted by molar-refractivity contribution is 9.12. The van der Waals surface area contributed by atoms with Crippen LogP contribution >= 0.6 is 63.7 Å². The molecule has 0 aromatic carbocycles. The SMILES string of the molecule is FC(OC(F)C(Br)C(F)(F)Br)C(Br)C(F)(F)Br. The first kappa shape index (κ1) is 18.5. The van der Waals surface area contributed by atoms with Crippen molar-refractivity contribution < 1.29 is 31.1 Å². The van der Waals surface area contributed by atoms with E-state index in [0.717, 1.165) is 0 Å². The van der Waals surface area contributed by atoms with Gasteiger partial charge in [0.1, 0.15) is 9.65 Å². The van der Waals surface area contributed by atoms with Crippen LogP contribution in [0, 0.1) is 0 Å². The van der Waals surface area contributed by atoms with E-state index in [1.54, 1.807) is 0 Å². The van der Waals surface area contributed by atoms with Crippen molar-refractivity contribution in [2.45, 2.75) is 32.0 Å². The molecule has 0 bridgehead atoms. The van der Waals surface area contributed by atoms with Gasteiger partial charge in [-0.2, -0.15) is 17.6 Å². The van der Waals surface area contributed by atoms with Crippen LogP contribution in [-0.2, 0) is 4.74 Å². The molecule has 0 aliphatic carbocycles. The van der Waals surface area contributed by atoms with Gasteiger partial charge in [-0.25, -0.2) is 8.78 Å². The van der Waals surface area contributed by atoms with Crippen molar-refractivity contribution in [2.24, 2.45) is 0 Å². The Kier molecular flexibility index (Phi) is 7.34. The van der Waals surface area contributed by atoms with E-state index in [1.165, 1.54) is 0 Å². The Morgan fingerprint density at radius 3 is 1.18 bits per heavy atom. The molecule has 0 fully saturated rings. The lowest BCUT2D eigenvalue weighted by molar-refractivity contribution is -0.163. The molecule has 0 aliphatic heterocycles. The molecule has 0 aromatic rings.